The molecule has 0 saturated carbocycles. The Morgan fingerprint density at radius 1 is 0.941 bits per heavy atom. The maximum atomic E-state index is 14.8. The molecule has 0 N–H and O–H groups in total. The van der Waals surface area contributed by atoms with Gasteiger partial charge in [0.1, 0.15) is 23.9 Å². The average Bonchev–Trinajstić information content (AvgIpc) is 3.27. The van der Waals surface area contributed by atoms with Crippen LogP contribution in [0.4, 0.5) is 10.1 Å². The Hall–Kier alpha value is -3.58. The van der Waals surface area contributed by atoms with E-state index in [1.165, 1.54) is 17.4 Å². The van der Waals surface area contributed by atoms with E-state index in [9.17, 15) is 9.18 Å². The summed E-state index contributed by atoms with van der Waals surface area (Å²) in [6.07, 6.45) is 0. The van der Waals surface area contributed by atoms with Crippen molar-refractivity contribution in [3.63, 3.8) is 0 Å². The SMILES string of the molecule is COc1cccc(N2CCN(C(=O)c3sc4cccc(F)c4c3COc3ccccc3)CC2)c1. The van der Waals surface area contributed by atoms with Crippen LogP contribution in [0, 0.1) is 5.82 Å². The number of fused-ring (bicyclic) bond motifs is 1. The molecule has 5 rings (SSSR count). The highest BCUT2D eigenvalue weighted by atomic mass is 32.1. The van der Waals surface area contributed by atoms with Crippen LogP contribution in [0.3, 0.4) is 0 Å². The predicted octanol–water partition coefficient (Wildman–Crippen LogP) is 5.59. The first-order valence-corrected chi connectivity index (χ1v) is 12.0. The second kappa shape index (κ2) is 9.73. The summed E-state index contributed by atoms with van der Waals surface area (Å²) in [4.78, 5) is 18.2. The number of hydrogen-bond donors (Lipinski definition) is 0. The van der Waals surface area contributed by atoms with Crippen LogP contribution in [0.15, 0.2) is 72.8 Å². The number of nitrogens with zero attached hydrogens (tertiary/aromatic N) is 2. The van der Waals surface area contributed by atoms with E-state index in [1.54, 1.807) is 13.2 Å². The number of thiophene rings is 1. The fourth-order valence-corrected chi connectivity index (χ4v) is 5.46. The second-order valence-corrected chi connectivity index (χ2v) is 9.16. The first-order valence-electron chi connectivity index (χ1n) is 11.2. The lowest BCUT2D eigenvalue weighted by Gasteiger charge is -2.36. The van der Waals surface area contributed by atoms with Gasteiger partial charge in [0, 0.05) is 53.6 Å². The molecule has 1 fully saturated rings. The molecule has 5 nitrogen and oxygen atoms in total. The van der Waals surface area contributed by atoms with Gasteiger partial charge < -0.3 is 19.3 Å². The molecular formula is C27H25FN2O3S. The van der Waals surface area contributed by atoms with E-state index in [2.05, 4.69) is 4.90 Å². The summed E-state index contributed by atoms with van der Waals surface area (Å²) in [5, 5.41) is 0.474. The van der Waals surface area contributed by atoms with Crippen molar-refractivity contribution >= 4 is 33.0 Å². The van der Waals surface area contributed by atoms with Gasteiger partial charge in [-0.15, -0.1) is 11.3 Å². The minimum atomic E-state index is -0.331. The Balaban J connectivity index is 1.37. The van der Waals surface area contributed by atoms with E-state index < -0.39 is 0 Å². The lowest BCUT2D eigenvalue weighted by molar-refractivity contribution is 0.0749. The standard InChI is InChI=1S/C27H25FN2O3S/c1-32-21-10-5-7-19(17-21)29-13-15-30(16-14-29)27(31)26-22(18-33-20-8-3-2-4-9-20)25-23(28)11-6-12-24(25)34-26/h2-12,17H,13-16,18H2,1H3. The fourth-order valence-electron chi connectivity index (χ4n) is 4.27. The highest BCUT2D eigenvalue weighted by Gasteiger charge is 2.28. The summed E-state index contributed by atoms with van der Waals surface area (Å²) in [6.45, 7) is 2.75. The molecule has 0 spiro atoms. The highest BCUT2D eigenvalue weighted by Crippen LogP contribution is 2.35. The molecule has 174 valence electrons. The predicted molar refractivity (Wildman–Crippen MR) is 134 cm³/mol. The van der Waals surface area contributed by atoms with E-state index in [0.717, 1.165) is 16.1 Å². The number of amides is 1. The summed E-state index contributed by atoms with van der Waals surface area (Å²) >= 11 is 1.34. The fraction of sp³-hybridized carbons (Fsp3) is 0.222. The van der Waals surface area contributed by atoms with E-state index in [4.69, 9.17) is 9.47 Å². The maximum absolute atomic E-state index is 14.8. The van der Waals surface area contributed by atoms with Crippen molar-refractivity contribution in [1.29, 1.82) is 0 Å². The van der Waals surface area contributed by atoms with Gasteiger partial charge in [-0.2, -0.15) is 0 Å². The van der Waals surface area contributed by atoms with Crippen LogP contribution in [0.1, 0.15) is 15.2 Å². The van der Waals surface area contributed by atoms with Crippen LogP contribution >= 0.6 is 11.3 Å². The lowest BCUT2D eigenvalue weighted by Crippen LogP contribution is -2.48. The number of methoxy groups -OCH3 is 1. The second-order valence-electron chi connectivity index (χ2n) is 8.11. The minimum absolute atomic E-state index is 0.0717. The average molecular weight is 477 g/mol. The molecule has 1 amide bonds. The van der Waals surface area contributed by atoms with Crippen molar-refractivity contribution in [1.82, 2.24) is 4.90 Å². The van der Waals surface area contributed by atoms with Gasteiger partial charge in [0.15, 0.2) is 0 Å². The molecular weight excluding hydrogens is 451 g/mol. The van der Waals surface area contributed by atoms with Crippen molar-refractivity contribution in [2.45, 2.75) is 6.61 Å². The third-order valence-corrected chi connectivity index (χ3v) is 7.25. The van der Waals surface area contributed by atoms with Gasteiger partial charge in [0.2, 0.25) is 0 Å². The molecule has 34 heavy (non-hydrogen) atoms. The largest absolute Gasteiger partial charge is 0.497 e. The zero-order valence-corrected chi connectivity index (χ0v) is 19.7. The maximum Gasteiger partial charge on any atom is 0.264 e. The molecule has 0 radical (unpaired) electrons. The van der Waals surface area contributed by atoms with Gasteiger partial charge >= 0.3 is 0 Å². The number of halogens is 1. The van der Waals surface area contributed by atoms with Crippen LogP contribution < -0.4 is 14.4 Å². The number of anilines is 1. The highest BCUT2D eigenvalue weighted by molar-refractivity contribution is 7.21. The molecule has 0 aliphatic carbocycles. The van der Waals surface area contributed by atoms with Crippen molar-refractivity contribution in [3.8, 4) is 11.5 Å². The summed E-state index contributed by atoms with van der Waals surface area (Å²) in [6, 6.07) is 22.3. The Labute approximate surface area is 201 Å². The van der Waals surface area contributed by atoms with Gasteiger partial charge in [-0.25, -0.2) is 4.39 Å². The van der Waals surface area contributed by atoms with Crippen molar-refractivity contribution in [3.05, 3.63) is 89.1 Å². The van der Waals surface area contributed by atoms with Gasteiger partial charge in [0.25, 0.3) is 5.91 Å². The van der Waals surface area contributed by atoms with Crippen LogP contribution in [0.5, 0.6) is 11.5 Å². The molecule has 3 aromatic carbocycles. The van der Waals surface area contributed by atoms with Crippen LogP contribution in [-0.2, 0) is 6.61 Å². The molecule has 0 atom stereocenters. The molecule has 0 bridgehead atoms. The van der Waals surface area contributed by atoms with Crippen LogP contribution in [0.25, 0.3) is 10.1 Å². The zero-order chi connectivity index (χ0) is 23.5. The first kappa shape index (κ1) is 22.2. The Morgan fingerprint density at radius 2 is 1.68 bits per heavy atom. The van der Waals surface area contributed by atoms with Crippen LogP contribution in [0.2, 0.25) is 0 Å². The number of para-hydroxylation sites is 1. The first-order chi connectivity index (χ1) is 16.6. The Bertz CT molecular complexity index is 1300. The van der Waals surface area contributed by atoms with E-state index >= 15 is 0 Å². The Kier molecular flexibility index (Phi) is 6.36. The number of piperazine rings is 1. The topological polar surface area (TPSA) is 42.0 Å². The molecule has 4 aromatic rings. The van der Waals surface area contributed by atoms with E-state index in [0.29, 0.717) is 47.8 Å². The Morgan fingerprint density at radius 3 is 2.44 bits per heavy atom. The number of hydrogen-bond acceptors (Lipinski definition) is 5. The molecule has 7 heteroatoms. The molecule has 1 aromatic heterocycles. The van der Waals surface area contributed by atoms with Gasteiger partial charge in [-0.05, 0) is 36.4 Å². The van der Waals surface area contributed by atoms with Crippen molar-refractivity contribution in [2.75, 3.05) is 38.2 Å². The van der Waals surface area contributed by atoms with Crippen molar-refractivity contribution < 1.29 is 18.7 Å². The number of ether oxygens (including phenoxy) is 2. The number of rotatable bonds is 6. The molecule has 1 aliphatic heterocycles. The molecule has 0 unspecified atom stereocenters. The summed E-state index contributed by atoms with van der Waals surface area (Å²) in [7, 11) is 1.66. The number of carbonyl (C=O) groups excluding carboxylic acids is 1. The quantitative estimate of drug-likeness (QED) is 0.364. The summed E-state index contributed by atoms with van der Waals surface area (Å²) < 4.78 is 26.8. The molecule has 2 heterocycles. The zero-order valence-electron chi connectivity index (χ0n) is 18.9. The minimum Gasteiger partial charge on any atom is -0.497 e. The normalized spacial score (nSPS) is 13.8. The molecule has 1 aliphatic rings. The number of carbonyl (C=O) groups is 1. The van der Waals surface area contributed by atoms with Gasteiger partial charge in [-0.1, -0.05) is 30.3 Å². The van der Waals surface area contributed by atoms with Gasteiger partial charge in [0.05, 0.1) is 12.0 Å². The third kappa shape index (κ3) is 4.43. The summed E-state index contributed by atoms with van der Waals surface area (Å²) in [5.41, 5.74) is 1.69. The van der Waals surface area contributed by atoms with E-state index in [-0.39, 0.29) is 18.3 Å². The number of benzene rings is 3. The smallest absolute Gasteiger partial charge is 0.264 e. The third-order valence-electron chi connectivity index (χ3n) is 6.07. The lowest BCUT2D eigenvalue weighted by atomic mass is 10.1. The van der Waals surface area contributed by atoms with Gasteiger partial charge in [-0.3, -0.25) is 4.79 Å². The van der Waals surface area contributed by atoms with E-state index in [1.807, 2.05) is 65.6 Å². The molecule has 1 saturated heterocycles. The monoisotopic (exact) mass is 476 g/mol. The van der Waals surface area contributed by atoms with Crippen molar-refractivity contribution in [2.24, 2.45) is 0 Å². The van der Waals surface area contributed by atoms with Crippen LogP contribution in [-0.4, -0.2) is 44.1 Å². The summed E-state index contributed by atoms with van der Waals surface area (Å²) in [5.74, 6) is 1.09.